The van der Waals surface area contributed by atoms with Gasteiger partial charge in [0.1, 0.15) is 0 Å². The quantitative estimate of drug-likeness (QED) is 0.512. The van der Waals surface area contributed by atoms with E-state index >= 15 is 0 Å². The number of hydrogen-bond acceptors (Lipinski definition) is 1. The fourth-order valence-corrected chi connectivity index (χ4v) is 3.74. The predicted octanol–water partition coefficient (Wildman–Crippen LogP) is 3.46. The molecule has 22 heavy (non-hydrogen) atoms. The van der Waals surface area contributed by atoms with Gasteiger partial charge >= 0.3 is 0 Å². The minimum Gasteiger partial charge on any atom is -0.357 e. The first-order chi connectivity index (χ1) is 10.8. The summed E-state index contributed by atoms with van der Waals surface area (Å²) in [5, 5.41) is 3.49. The fourth-order valence-electron chi connectivity index (χ4n) is 3.74. The van der Waals surface area contributed by atoms with Crippen molar-refractivity contribution in [2.24, 2.45) is 10.4 Å². The molecule has 1 aromatic rings. The molecule has 0 bridgehead atoms. The van der Waals surface area contributed by atoms with Crippen LogP contribution in [0.5, 0.6) is 0 Å². The van der Waals surface area contributed by atoms with E-state index in [9.17, 15) is 0 Å². The summed E-state index contributed by atoms with van der Waals surface area (Å²) in [6, 6.07) is 10.7. The normalized spacial score (nSPS) is 20.2. The van der Waals surface area contributed by atoms with E-state index in [1.807, 2.05) is 0 Å². The SMILES string of the molecule is CCNC(=NCCCc1ccccc1)N1CCC2(CCC2)C1. The van der Waals surface area contributed by atoms with Gasteiger partial charge in [0.2, 0.25) is 0 Å². The lowest BCUT2D eigenvalue weighted by Crippen LogP contribution is -2.42. The number of benzene rings is 1. The minimum absolute atomic E-state index is 0.639. The Balaban J connectivity index is 1.50. The minimum atomic E-state index is 0.639. The van der Waals surface area contributed by atoms with Crippen LogP contribution >= 0.6 is 0 Å². The van der Waals surface area contributed by atoms with Gasteiger partial charge in [0.25, 0.3) is 0 Å². The molecule has 120 valence electrons. The van der Waals surface area contributed by atoms with E-state index in [-0.39, 0.29) is 0 Å². The maximum Gasteiger partial charge on any atom is 0.193 e. The van der Waals surface area contributed by atoms with Crippen molar-refractivity contribution in [3.8, 4) is 0 Å². The van der Waals surface area contributed by atoms with Crippen LogP contribution in [-0.2, 0) is 6.42 Å². The Kier molecular flexibility index (Phi) is 5.01. The number of hydrogen-bond donors (Lipinski definition) is 1. The summed E-state index contributed by atoms with van der Waals surface area (Å²) in [7, 11) is 0. The van der Waals surface area contributed by atoms with Gasteiger partial charge in [0.05, 0.1) is 0 Å². The Morgan fingerprint density at radius 3 is 2.68 bits per heavy atom. The third-order valence-corrected chi connectivity index (χ3v) is 5.21. The molecule has 2 aliphatic rings. The zero-order valence-electron chi connectivity index (χ0n) is 13.9. The first-order valence-electron chi connectivity index (χ1n) is 8.89. The molecular weight excluding hydrogens is 270 g/mol. The largest absolute Gasteiger partial charge is 0.357 e. The van der Waals surface area contributed by atoms with Gasteiger partial charge in [-0.3, -0.25) is 4.99 Å². The Hall–Kier alpha value is -1.51. The molecule has 1 spiro atoms. The molecule has 1 heterocycles. The van der Waals surface area contributed by atoms with Gasteiger partial charge in [-0.2, -0.15) is 0 Å². The maximum atomic E-state index is 4.87. The topological polar surface area (TPSA) is 27.6 Å². The number of aryl methyl sites for hydroxylation is 1. The highest BCUT2D eigenvalue weighted by Crippen LogP contribution is 2.47. The van der Waals surface area contributed by atoms with Gasteiger partial charge in [-0.15, -0.1) is 0 Å². The van der Waals surface area contributed by atoms with Crippen molar-refractivity contribution in [2.45, 2.75) is 45.4 Å². The summed E-state index contributed by atoms with van der Waals surface area (Å²) in [4.78, 5) is 7.36. The summed E-state index contributed by atoms with van der Waals surface area (Å²) in [5.41, 5.74) is 2.05. The third-order valence-electron chi connectivity index (χ3n) is 5.21. The van der Waals surface area contributed by atoms with Gasteiger partial charge in [0, 0.05) is 26.2 Å². The highest BCUT2D eigenvalue weighted by atomic mass is 15.3. The van der Waals surface area contributed by atoms with Gasteiger partial charge in [-0.1, -0.05) is 36.8 Å². The average Bonchev–Trinajstić information content (AvgIpc) is 2.97. The molecule has 3 heteroatoms. The number of aliphatic imine (C=N–C) groups is 1. The van der Waals surface area contributed by atoms with Crippen molar-refractivity contribution in [1.82, 2.24) is 10.2 Å². The second-order valence-corrected chi connectivity index (χ2v) is 6.85. The van der Waals surface area contributed by atoms with Crippen LogP contribution in [0.2, 0.25) is 0 Å². The number of rotatable bonds is 5. The van der Waals surface area contributed by atoms with Crippen LogP contribution < -0.4 is 5.32 Å². The molecule has 3 rings (SSSR count). The van der Waals surface area contributed by atoms with Crippen LogP contribution in [0.4, 0.5) is 0 Å². The average molecular weight is 299 g/mol. The van der Waals surface area contributed by atoms with E-state index in [1.54, 1.807) is 0 Å². The third kappa shape index (κ3) is 3.63. The molecule has 1 saturated heterocycles. The van der Waals surface area contributed by atoms with Crippen LogP contribution in [0.1, 0.15) is 44.6 Å². The van der Waals surface area contributed by atoms with E-state index in [1.165, 1.54) is 44.3 Å². The lowest BCUT2D eigenvalue weighted by atomic mass is 9.68. The van der Waals surface area contributed by atoms with Crippen LogP contribution in [0.3, 0.4) is 0 Å². The van der Waals surface area contributed by atoms with E-state index in [0.29, 0.717) is 5.41 Å². The summed E-state index contributed by atoms with van der Waals surface area (Å²) in [5.74, 6) is 1.14. The fraction of sp³-hybridized carbons (Fsp3) is 0.632. The monoisotopic (exact) mass is 299 g/mol. The number of nitrogens with zero attached hydrogens (tertiary/aromatic N) is 2. The van der Waals surface area contributed by atoms with E-state index in [0.717, 1.165) is 31.9 Å². The highest BCUT2D eigenvalue weighted by molar-refractivity contribution is 5.80. The molecular formula is C19H29N3. The van der Waals surface area contributed by atoms with Crippen LogP contribution in [0.25, 0.3) is 0 Å². The standard InChI is InChI=1S/C19H29N3/c1-2-20-18(22-15-13-19(16-22)11-7-12-19)21-14-6-10-17-8-4-3-5-9-17/h3-5,8-9H,2,6-7,10-16H2,1H3,(H,20,21). The molecule has 1 saturated carbocycles. The molecule has 2 fully saturated rings. The summed E-state index contributed by atoms with van der Waals surface area (Å²) in [6.07, 6.45) is 7.89. The van der Waals surface area contributed by atoms with Crippen molar-refractivity contribution in [3.05, 3.63) is 35.9 Å². The summed E-state index contributed by atoms with van der Waals surface area (Å²) < 4.78 is 0. The molecule has 1 aliphatic carbocycles. The number of likely N-dealkylation sites (tertiary alicyclic amines) is 1. The van der Waals surface area contributed by atoms with Crippen molar-refractivity contribution in [3.63, 3.8) is 0 Å². The van der Waals surface area contributed by atoms with Gasteiger partial charge < -0.3 is 10.2 Å². The Morgan fingerprint density at radius 1 is 1.23 bits per heavy atom. The Labute approximate surface area is 134 Å². The maximum absolute atomic E-state index is 4.87. The summed E-state index contributed by atoms with van der Waals surface area (Å²) in [6.45, 7) is 6.44. The molecule has 0 atom stereocenters. The smallest absolute Gasteiger partial charge is 0.193 e. The van der Waals surface area contributed by atoms with E-state index < -0.39 is 0 Å². The lowest BCUT2D eigenvalue weighted by molar-refractivity contribution is 0.151. The molecule has 1 N–H and O–H groups in total. The zero-order valence-corrected chi connectivity index (χ0v) is 13.9. The van der Waals surface area contributed by atoms with Gasteiger partial charge in [-0.25, -0.2) is 0 Å². The molecule has 3 nitrogen and oxygen atoms in total. The first kappa shape index (κ1) is 15.4. The Morgan fingerprint density at radius 2 is 2.05 bits per heavy atom. The molecule has 1 aliphatic heterocycles. The predicted molar refractivity (Wildman–Crippen MR) is 93.2 cm³/mol. The highest BCUT2D eigenvalue weighted by Gasteiger charge is 2.43. The van der Waals surface area contributed by atoms with Crippen LogP contribution in [-0.4, -0.2) is 37.0 Å². The van der Waals surface area contributed by atoms with Crippen molar-refractivity contribution in [1.29, 1.82) is 0 Å². The lowest BCUT2D eigenvalue weighted by Gasteiger charge is -2.38. The molecule has 0 unspecified atom stereocenters. The number of nitrogens with one attached hydrogen (secondary N) is 1. The van der Waals surface area contributed by atoms with Gasteiger partial charge in [0.15, 0.2) is 5.96 Å². The first-order valence-corrected chi connectivity index (χ1v) is 8.89. The molecule has 1 aromatic carbocycles. The van der Waals surface area contributed by atoms with Crippen molar-refractivity contribution in [2.75, 3.05) is 26.2 Å². The molecule has 0 aromatic heterocycles. The molecule has 0 radical (unpaired) electrons. The van der Waals surface area contributed by atoms with Crippen LogP contribution in [0.15, 0.2) is 35.3 Å². The zero-order chi connectivity index (χ0) is 15.3. The summed E-state index contributed by atoms with van der Waals surface area (Å²) >= 11 is 0. The van der Waals surface area contributed by atoms with E-state index in [2.05, 4.69) is 47.5 Å². The van der Waals surface area contributed by atoms with Crippen molar-refractivity contribution < 1.29 is 0 Å². The second kappa shape index (κ2) is 7.17. The molecule has 0 amide bonds. The second-order valence-electron chi connectivity index (χ2n) is 6.85. The van der Waals surface area contributed by atoms with Crippen molar-refractivity contribution >= 4 is 5.96 Å². The Bertz CT molecular complexity index is 491. The number of guanidine groups is 1. The van der Waals surface area contributed by atoms with E-state index in [4.69, 9.17) is 4.99 Å². The van der Waals surface area contributed by atoms with Gasteiger partial charge in [-0.05, 0) is 50.0 Å². The van der Waals surface area contributed by atoms with Crippen LogP contribution in [0, 0.1) is 5.41 Å².